The van der Waals surface area contributed by atoms with Crippen LogP contribution in [0.4, 0.5) is 15.9 Å². The van der Waals surface area contributed by atoms with Gasteiger partial charge in [-0.3, -0.25) is 9.59 Å². The normalized spacial score (nSPS) is 11.7. The summed E-state index contributed by atoms with van der Waals surface area (Å²) >= 11 is 0. The van der Waals surface area contributed by atoms with Gasteiger partial charge < -0.3 is 16.8 Å². The van der Waals surface area contributed by atoms with Gasteiger partial charge in [0.1, 0.15) is 11.6 Å². The number of carbonyl (C=O) groups is 2. The van der Waals surface area contributed by atoms with Gasteiger partial charge in [0.05, 0.1) is 6.04 Å². The van der Waals surface area contributed by atoms with Gasteiger partial charge in [0.2, 0.25) is 0 Å². The molecule has 0 radical (unpaired) electrons. The second kappa shape index (κ2) is 9.07. The lowest BCUT2D eigenvalue weighted by Crippen LogP contribution is -2.22. The lowest BCUT2D eigenvalue weighted by Gasteiger charge is -2.12. The van der Waals surface area contributed by atoms with Crippen LogP contribution in [-0.4, -0.2) is 16.7 Å². The summed E-state index contributed by atoms with van der Waals surface area (Å²) in [5.74, 6) is -0.436. The number of aromatic nitrogens is 1. The average molecular weight is 392 g/mol. The molecule has 0 aliphatic heterocycles. The summed E-state index contributed by atoms with van der Waals surface area (Å²) in [6.45, 7) is 0. The maximum atomic E-state index is 12.9. The van der Waals surface area contributed by atoms with Crippen molar-refractivity contribution in [3.63, 3.8) is 0 Å². The van der Waals surface area contributed by atoms with Crippen LogP contribution in [-0.2, 0) is 11.2 Å². The van der Waals surface area contributed by atoms with Crippen molar-refractivity contribution in [2.75, 3.05) is 11.1 Å². The first kappa shape index (κ1) is 20.2. The number of halogens is 1. The third kappa shape index (κ3) is 5.46. The van der Waals surface area contributed by atoms with Crippen molar-refractivity contribution in [2.45, 2.75) is 18.9 Å². The lowest BCUT2D eigenvalue weighted by molar-refractivity contribution is -0.120. The molecule has 1 amide bonds. The first-order chi connectivity index (χ1) is 13.9. The van der Waals surface area contributed by atoms with Crippen LogP contribution >= 0.6 is 0 Å². The van der Waals surface area contributed by atoms with E-state index in [0.717, 1.165) is 5.56 Å². The van der Waals surface area contributed by atoms with E-state index < -0.39 is 6.04 Å². The fourth-order valence-corrected chi connectivity index (χ4v) is 2.83. The minimum atomic E-state index is -0.785. The van der Waals surface area contributed by atoms with E-state index in [9.17, 15) is 14.0 Å². The molecule has 0 aliphatic carbocycles. The van der Waals surface area contributed by atoms with Crippen LogP contribution in [0.1, 0.15) is 33.9 Å². The van der Waals surface area contributed by atoms with Crippen molar-refractivity contribution in [2.24, 2.45) is 5.73 Å². The van der Waals surface area contributed by atoms with Crippen LogP contribution in [0.5, 0.6) is 0 Å². The van der Waals surface area contributed by atoms with E-state index in [1.165, 1.54) is 18.3 Å². The molecule has 3 rings (SSSR count). The third-order valence-corrected chi connectivity index (χ3v) is 4.49. The Labute approximate surface area is 167 Å². The summed E-state index contributed by atoms with van der Waals surface area (Å²) in [7, 11) is 0. The van der Waals surface area contributed by atoms with E-state index in [-0.39, 0.29) is 23.9 Å². The number of rotatable bonds is 7. The molecule has 0 spiro atoms. The first-order valence-electron chi connectivity index (χ1n) is 9.08. The molecule has 0 saturated carbocycles. The fourth-order valence-electron chi connectivity index (χ4n) is 2.83. The monoisotopic (exact) mass is 392 g/mol. The predicted octanol–water partition coefficient (Wildman–Crippen LogP) is 3.26. The molecule has 3 aromatic rings. The molecule has 1 unspecified atom stereocenters. The highest BCUT2D eigenvalue weighted by atomic mass is 19.1. The predicted molar refractivity (Wildman–Crippen MR) is 110 cm³/mol. The Balaban J connectivity index is 1.58. The standard InChI is InChI=1S/C22H21FN4O2/c23-17-8-1-14(2-9-17)3-10-19(28)21(25)15-4-6-16(7-5-15)22(29)27-18-11-12-26-20(24)13-18/h1-2,4-9,11-13,21H,3,10,25H2,(H3,24,26,27,29). The number of hydrogen-bond acceptors (Lipinski definition) is 5. The molecular formula is C22H21FN4O2. The Morgan fingerprint density at radius 1 is 1.03 bits per heavy atom. The lowest BCUT2D eigenvalue weighted by atomic mass is 9.97. The molecule has 2 aromatic carbocycles. The number of carbonyl (C=O) groups excluding carboxylic acids is 2. The van der Waals surface area contributed by atoms with Gasteiger partial charge in [-0.15, -0.1) is 0 Å². The number of amides is 1. The topological polar surface area (TPSA) is 111 Å². The number of hydrogen-bond donors (Lipinski definition) is 3. The van der Waals surface area contributed by atoms with Crippen molar-refractivity contribution in [3.8, 4) is 0 Å². The summed E-state index contributed by atoms with van der Waals surface area (Å²) in [6.07, 6.45) is 2.24. The molecule has 1 heterocycles. The Morgan fingerprint density at radius 2 is 1.72 bits per heavy atom. The molecule has 29 heavy (non-hydrogen) atoms. The second-order valence-electron chi connectivity index (χ2n) is 6.62. The van der Waals surface area contributed by atoms with E-state index in [1.807, 2.05) is 0 Å². The van der Waals surface area contributed by atoms with Crippen LogP contribution in [0.3, 0.4) is 0 Å². The number of ketones is 1. The number of nitrogens with two attached hydrogens (primary N) is 2. The van der Waals surface area contributed by atoms with E-state index in [0.29, 0.717) is 29.1 Å². The van der Waals surface area contributed by atoms with Crippen molar-refractivity contribution < 1.29 is 14.0 Å². The zero-order valence-electron chi connectivity index (χ0n) is 15.6. The molecular weight excluding hydrogens is 371 g/mol. The van der Waals surface area contributed by atoms with Gasteiger partial charge in [-0.25, -0.2) is 9.37 Å². The van der Waals surface area contributed by atoms with E-state index in [2.05, 4.69) is 10.3 Å². The van der Waals surface area contributed by atoms with Gasteiger partial charge in [0.25, 0.3) is 5.91 Å². The molecule has 1 aromatic heterocycles. The molecule has 7 heteroatoms. The third-order valence-electron chi connectivity index (χ3n) is 4.49. The molecule has 6 nitrogen and oxygen atoms in total. The summed E-state index contributed by atoms with van der Waals surface area (Å²) in [4.78, 5) is 28.6. The van der Waals surface area contributed by atoms with Crippen LogP contribution in [0.15, 0.2) is 66.9 Å². The van der Waals surface area contributed by atoms with Crippen molar-refractivity contribution in [1.29, 1.82) is 0 Å². The number of Topliss-reactive ketones (excluding diaryl/α,β-unsaturated/α-hetero) is 1. The highest BCUT2D eigenvalue weighted by Gasteiger charge is 2.16. The Bertz CT molecular complexity index is 1000. The minimum absolute atomic E-state index is 0.126. The molecule has 0 bridgehead atoms. The van der Waals surface area contributed by atoms with E-state index >= 15 is 0 Å². The Hall–Kier alpha value is -3.58. The molecule has 1 atom stereocenters. The summed E-state index contributed by atoms with van der Waals surface area (Å²) in [6, 6.07) is 15.0. The van der Waals surface area contributed by atoms with Crippen molar-refractivity contribution in [3.05, 3.63) is 89.4 Å². The summed E-state index contributed by atoms with van der Waals surface area (Å²) in [5, 5.41) is 2.73. The van der Waals surface area contributed by atoms with Crippen LogP contribution in [0.25, 0.3) is 0 Å². The minimum Gasteiger partial charge on any atom is -0.384 e. The molecule has 5 N–H and O–H groups in total. The number of nitrogen functional groups attached to an aromatic ring is 1. The van der Waals surface area contributed by atoms with Crippen LogP contribution < -0.4 is 16.8 Å². The zero-order valence-corrected chi connectivity index (χ0v) is 15.6. The average Bonchev–Trinajstić information content (AvgIpc) is 2.72. The summed E-state index contributed by atoms with van der Waals surface area (Å²) in [5.41, 5.74) is 14.1. The summed E-state index contributed by atoms with van der Waals surface area (Å²) < 4.78 is 12.9. The number of benzene rings is 2. The SMILES string of the molecule is Nc1cc(NC(=O)c2ccc(C(N)C(=O)CCc3ccc(F)cc3)cc2)ccn1. The molecule has 0 aliphatic rings. The largest absolute Gasteiger partial charge is 0.384 e. The van der Waals surface area contributed by atoms with E-state index in [1.54, 1.807) is 48.5 Å². The Morgan fingerprint density at radius 3 is 2.38 bits per heavy atom. The maximum absolute atomic E-state index is 12.9. The van der Waals surface area contributed by atoms with Gasteiger partial charge in [0, 0.05) is 29.9 Å². The molecule has 0 saturated heterocycles. The number of anilines is 2. The van der Waals surface area contributed by atoms with E-state index in [4.69, 9.17) is 11.5 Å². The van der Waals surface area contributed by atoms with Gasteiger partial charge in [-0.1, -0.05) is 24.3 Å². The van der Waals surface area contributed by atoms with Gasteiger partial charge >= 0.3 is 0 Å². The molecule has 0 fully saturated rings. The highest BCUT2D eigenvalue weighted by molar-refractivity contribution is 6.04. The smallest absolute Gasteiger partial charge is 0.255 e. The number of aryl methyl sites for hydroxylation is 1. The highest BCUT2D eigenvalue weighted by Crippen LogP contribution is 2.17. The Kier molecular flexibility index (Phi) is 6.31. The number of pyridine rings is 1. The van der Waals surface area contributed by atoms with Crippen LogP contribution in [0.2, 0.25) is 0 Å². The fraction of sp³-hybridized carbons (Fsp3) is 0.136. The molecule has 148 valence electrons. The van der Waals surface area contributed by atoms with Crippen molar-refractivity contribution >= 4 is 23.2 Å². The maximum Gasteiger partial charge on any atom is 0.255 e. The quantitative estimate of drug-likeness (QED) is 0.571. The number of nitrogens with zero attached hydrogens (tertiary/aromatic N) is 1. The van der Waals surface area contributed by atoms with Gasteiger partial charge in [-0.05, 0) is 47.9 Å². The second-order valence-corrected chi connectivity index (χ2v) is 6.62. The van der Waals surface area contributed by atoms with Crippen LogP contribution in [0, 0.1) is 5.82 Å². The zero-order chi connectivity index (χ0) is 20.8. The van der Waals surface area contributed by atoms with Crippen molar-refractivity contribution in [1.82, 2.24) is 4.98 Å². The van der Waals surface area contributed by atoms with Gasteiger partial charge in [0.15, 0.2) is 5.78 Å². The first-order valence-corrected chi connectivity index (χ1v) is 9.08. The number of nitrogens with one attached hydrogen (secondary N) is 1. The van der Waals surface area contributed by atoms with Gasteiger partial charge in [-0.2, -0.15) is 0 Å².